The number of piperidine rings is 1. The van der Waals surface area contributed by atoms with Crippen molar-refractivity contribution >= 4 is 5.91 Å². The number of hydrogen-bond acceptors (Lipinski definition) is 4. The molecular formula is C24H32N2O3. The van der Waals surface area contributed by atoms with E-state index in [9.17, 15) is 4.79 Å². The van der Waals surface area contributed by atoms with Gasteiger partial charge >= 0.3 is 0 Å². The highest BCUT2D eigenvalue weighted by Gasteiger charge is 2.23. The van der Waals surface area contributed by atoms with E-state index in [1.807, 2.05) is 25.2 Å². The Bertz CT molecular complexity index is 786. The van der Waals surface area contributed by atoms with Gasteiger partial charge in [0.2, 0.25) is 5.91 Å². The Morgan fingerprint density at radius 2 is 1.76 bits per heavy atom. The van der Waals surface area contributed by atoms with Crippen LogP contribution in [-0.4, -0.2) is 56.6 Å². The Kier molecular flexibility index (Phi) is 7.53. The molecule has 3 rings (SSSR count). The average molecular weight is 397 g/mol. The lowest BCUT2D eigenvalue weighted by Crippen LogP contribution is -2.42. The monoisotopic (exact) mass is 396 g/mol. The van der Waals surface area contributed by atoms with E-state index < -0.39 is 0 Å². The summed E-state index contributed by atoms with van der Waals surface area (Å²) >= 11 is 0. The Labute approximate surface area is 174 Å². The van der Waals surface area contributed by atoms with Gasteiger partial charge in [0.1, 0.15) is 0 Å². The summed E-state index contributed by atoms with van der Waals surface area (Å²) in [6.45, 7) is 2.95. The van der Waals surface area contributed by atoms with Crippen LogP contribution in [0.3, 0.4) is 0 Å². The molecule has 0 bridgehead atoms. The quantitative estimate of drug-likeness (QED) is 0.684. The van der Waals surface area contributed by atoms with Crippen LogP contribution in [0.5, 0.6) is 11.5 Å². The first-order chi connectivity index (χ1) is 14.1. The van der Waals surface area contributed by atoms with Crippen molar-refractivity contribution in [3.8, 4) is 11.5 Å². The molecule has 29 heavy (non-hydrogen) atoms. The molecule has 0 atom stereocenters. The number of ether oxygens (including phenoxy) is 2. The van der Waals surface area contributed by atoms with Crippen molar-refractivity contribution in [2.45, 2.75) is 25.8 Å². The van der Waals surface area contributed by atoms with Crippen LogP contribution in [0.2, 0.25) is 0 Å². The summed E-state index contributed by atoms with van der Waals surface area (Å²) in [6, 6.07) is 16.5. The number of benzene rings is 2. The van der Waals surface area contributed by atoms with Gasteiger partial charge in [-0.05, 0) is 49.9 Å². The highest BCUT2D eigenvalue weighted by molar-refractivity contribution is 5.78. The highest BCUT2D eigenvalue weighted by atomic mass is 16.5. The normalized spacial score (nSPS) is 15.1. The van der Waals surface area contributed by atoms with Gasteiger partial charge in [-0.15, -0.1) is 0 Å². The number of methoxy groups -OCH3 is 2. The van der Waals surface area contributed by atoms with Crippen LogP contribution >= 0.6 is 0 Å². The lowest BCUT2D eigenvalue weighted by molar-refractivity contribution is -0.132. The fourth-order valence-corrected chi connectivity index (χ4v) is 4.03. The van der Waals surface area contributed by atoms with E-state index in [2.05, 4.69) is 35.2 Å². The minimum absolute atomic E-state index is 0.136. The number of carbonyl (C=O) groups is 1. The fraction of sp³-hybridized carbons (Fsp3) is 0.458. The summed E-state index contributed by atoms with van der Waals surface area (Å²) in [7, 11) is 5.10. The van der Waals surface area contributed by atoms with Crippen molar-refractivity contribution in [2.75, 3.05) is 40.9 Å². The topological polar surface area (TPSA) is 42.0 Å². The summed E-state index contributed by atoms with van der Waals surface area (Å²) in [5.41, 5.74) is 2.36. The first-order valence-corrected chi connectivity index (χ1v) is 10.3. The van der Waals surface area contributed by atoms with Crippen LogP contribution in [0, 0.1) is 5.92 Å². The molecule has 1 aliphatic heterocycles. The number of hydrogen-bond donors (Lipinski definition) is 0. The van der Waals surface area contributed by atoms with Crippen LogP contribution in [0.4, 0.5) is 0 Å². The average Bonchev–Trinajstić information content (AvgIpc) is 2.75. The summed E-state index contributed by atoms with van der Waals surface area (Å²) in [5, 5.41) is 0. The third-order valence-electron chi connectivity index (χ3n) is 5.75. The number of para-hydroxylation sites is 1. The molecule has 0 aromatic heterocycles. The van der Waals surface area contributed by atoms with Crippen LogP contribution in [-0.2, 0) is 17.8 Å². The van der Waals surface area contributed by atoms with Crippen molar-refractivity contribution in [1.82, 2.24) is 9.80 Å². The van der Waals surface area contributed by atoms with Gasteiger partial charge in [-0.3, -0.25) is 9.69 Å². The second-order valence-electron chi connectivity index (χ2n) is 7.81. The van der Waals surface area contributed by atoms with E-state index in [1.165, 1.54) is 5.56 Å². The molecule has 0 radical (unpaired) electrons. The Morgan fingerprint density at radius 3 is 2.41 bits per heavy atom. The third kappa shape index (κ3) is 5.73. The van der Waals surface area contributed by atoms with Crippen molar-refractivity contribution < 1.29 is 14.3 Å². The largest absolute Gasteiger partial charge is 0.493 e. The summed E-state index contributed by atoms with van der Waals surface area (Å²) in [5.74, 6) is 2.22. The molecule has 0 unspecified atom stereocenters. The lowest BCUT2D eigenvalue weighted by atomic mass is 9.90. The minimum Gasteiger partial charge on any atom is -0.493 e. The van der Waals surface area contributed by atoms with Crippen LogP contribution in [0.1, 0.15) is 24.0 Å². The van der Waals surface area contributed by atoms with Gasteiger partial charge < -0.3 is 14.4 Å². The van der Waals surface area contributed by atoms with E-state index in [1.54, 1.807) is 19.1 Å². The van der Waals surface area contributed by atoms with Crippen molar-refractivity contribution in [3.63, 3.8) is 0 Å². The Hall–Kier alpha value is -2.53. The minimum atomic E-state index is 0.136. The molecule has 156 valence electrons. The zero-order valence-corrected chi connectivity index (χ0v) is 17.8. The van der Waals surface area contributed by atoms with E-state index >= 15 is 0 Å². The zero-order chi connectivity index (χ0) is 20.6. The molecule has 0 saturated carbocycles. The molecule has 0 N–H and O–H groups in total. The van der Waals surface area contributed by atoms with E-state index in [-0.39, 0.29) is 5.91 Å². The SMILES string of the molecule is COc1cccc(CN(C)C(=O)CN2CCC(Cc3ccccc3)CC2)c1OC. The molecule has 1 saturated heterocycles. The maximum Gasteiger partial charge on any atom is 0.236 e. The molecule has 5 nitrogen and oxygen atoms in total. The molecule has 5 heteroatoms. The zero-order valence-electron chi connectivity index (χ0n) is 17.8. The van der Waals surface area contributed by atoms with Crippen LogP contribution < -0.4 is 9.47 Å². The Morgan fingerprint density at radius 1 is 1.03 bits per heavy atom. The molecule has 1 fully saturated rings. The van der Waals surface area contributed by atoms with Gasteiger partial charge in [0, 0.05) is 19.2 Å². The molecule has 2 aromatic carbocycles. The molecule has 0 spiro atoms. The maximum atomic E-state index is 12.8. The number of nitrogens with zero attached hydrogens (tertiary/aromatic N) is 2. The van der Waals surface area contributed by atoms with Crippen molar-refractivity contribution in [2.24, 2.45) is 5.92 Å². The van der Waals surface area contributed by atoms with Crippen molar-refractivity contribution in [3.05, 3.63) is 59.7 Å². The predicted molar refractivity (Wildman–Crippen MR) is 115 cm³/mol. The van der Waals surface area contributed by atoms with Gasteiger partial charge in [-0.25, -0.2) is 0 Å². The standard InChI is InChI=1S/C24H32N2O3/c1-25(17-21-10-7-11-22(28-2)24(21)29-3)23(27)18-26-14-12-20(13-15-26)16-19-8-5-4-6-9-19/h4-11,20H,12-18H2,1-3H3. The number of amides is 1. The maximum absolute atomic E-state index is 12.8. The fourth-order valence-electron chi connectivity index (χ4n) is 4.03. The van der Waals surface area contributed by atoms with E-state index in [0.29, 0.717) is 30.5 Å². The first-order valence-electron chi connectivity index (χ1n) is 10.3. The molecule has 1 amide bonds. The van der Waals surface area contributed by atoms with Gasteiger partial charge in [0.05, 0.1) is 20.8 Å². The number of carbonyl (C=O) groups excluding carboxylic acids is 1. The molecule has 0 aliphatic carbocycles. The molecule has 1 heterocycles. The van der Waals surface area contributed by atoms with E-state index in [4.69, 9.17) is 9.47 Å². The summed E-state index contributed by atoms with van der Waals surface area (Å²) < 4.78 is 10.8. The third-order valence-corrected chi connectivity index (χ3v) is 5.75. The summed E-state index contributed by atoms with van der Waals surface area (Å²) in [6.07, 6.45) is 3.43. The smallest absolute Gasteiger partial charge is 0.236 e. The van der Waals surface area contributed by atoms with E-state index in [0.717, 1.165) is 37.9 Å². The summed E-state index contributed by atoms with van der Waals surface area (Å²) in [4.78, 5) is 16.8. The highest BCUT2D eigenvalue weighted by Crippen LogP contribution is 2.31. The van der Waals surface area contributed by atoms with Gasteiger partial charge in [0.25, 0.3) is 0 Å². The molecular weight excluding hydrogens is 364 g/mol. The lowest BCUT2D eigenvalue weighted by Gasteiger charge is -2.32. The van der Waals surface area contributed by atoms with Crippen LogP contribution in [0.25, 0.3) is 0 Å². The van der Waals surface area contributed by atoms with Crippen LogP contribution in [0.15, 0.2) is 48.5 Å². The first kappa shape index (κ1) is 21.2. The predicted octanol–water partition coefficient (Wildman–Crippen LogP) is 3.62. The molecule has 2 aromatic rings. The Balaban J connectivity index is 1.48. The van der Waals surface area contributed by atoms with Gasteiger partial charge in [0.15, 0.2) is 11.5 Å². The van der Waals surface area contributed by atoms with Gasteiger partial charge in [-0.2, -0.15) is 0 Å². The molecule has 1 aliphatic rings. The van der Waals surface area contributed by atoms with Gasteiger partial charge in [-0.1, -0.05) is 42.5 Å². The van der Waals surface area contributed by atoms with Crippen molar-refractivity contribution in [1.29, 1.82) is 0 Å². The number of likely N-dealkylation sites (tertiary alicyclic amines) is 1. The second kappa shape index (κ2) is 10.3. The second-order valence-corrected chi connectivity index (χ2v) is 7.81. The number of likely N-dealkylation sites (N-methyl/N-ethyl adjacent to an activating group) is 1. The number of rotatable bonds is 8.